The summed E-state index contributed by atoms with van der Waals surface area (Å²) in [5.41, 5.74) is 1.93. The Balaban J connectivity index is 2.14. The van der Waals surface area contributed by atoms with Crippen molar-refractivity contribution in [2.45, 2.75) is 69.5 Å². The minimum atomic E-state index is -3.48. The molecule has 2 rings (SSSR count). The highest BCUT2D eigenvalue weighted by molar-refractivity contribution is 7.89. The van der Waals surface area contributed by atoms with E-state index in [1.54, 1.807) is 18.2 Å². The highest BCUT2D eigenvalue weighted by Crippen LogP contribution is 2.24. The first-order chi connectivity index (χ1) is 12.2. The number of benzene rings is 1. The van der Waals surface area contributed by atoms with Gasteiger partial charge in [-0.05, 0) is 64.5 Å². The zero-order valence-electron chi connectivity index (χ0n) is 17.4. The Kier molecular flexibility index (Phi) is 6.26. The Morgan fingerprint density at radius 1 is 1.19 bits per heavy atom. The van der Waals surface area contributed by atoms with Gasteiger partial charge in [0.15, 0.2) is 5.11 Å². The number of quaternary nitrogens is 1. The van der Waals surface area contributed by atoms with Gasteiger partial charge < -0.3 is 16.0 Å². The molecule has 1 aromatic carbocycles. The van der Waals surface area contributed by atoms with Gasteiger partial charge in [0.25, 0.3) is 0 Å². The van der Waals surface area contributed by atoms with E-state index < -0.39 is 10.0 Å². The van der Waals surface area contributed by atoms with Crippen LogP contribution >= 0.6 is 12.2 Å². The van der Waals surface area contributed by atoms with E-state index >= 15 is 0 Å². The molecule has 27 heavy (non-hydrogen) atoms. The van der Waals surface area contributed by atoms with E-state index in [-0.39, 0.29) is 22.0 Å². The van der Waals surface area contributed by atoms with Crippen LogP contribution in [0.25, 0.3) is 0 Å². The van der Waals surface area contributed by atoms with Crippen molar-refractivity contribution >= 4 is 33.0 Å². The molecule has 0 aliphatic carbocycles. The molecule has 1 fully saturated rings. The van der Waals surface area contributed by atoms with Gasteiger partial charge in [-0.1, -0.05) is 6.07 Å². The molecule has 8 heteroatoms. The smallest absolute Gasteiger partial charge is 0.242 e. The van der Waals surface area contributed by atoms with Crippen LogP contribution in [-0.4, -0.2) is 49.1 Å². The standard InChI is InChI=1S/C19H32N4O2S2/c1-13-8-9-15(27(24,25)23(6)7)10-16(13)21-17(26)20-14-11-18(2,3)22-19(4,5)12-14/h8-10,14,22H,11-12H2,1-7H3,(H2,20,21,26)/p+1. The summed E-state index contributed by atoms with van der Waals surface area (Å²) in [5.74, 6) is 0. The Morgan fingerprint density at radius 2 is 1.74 bits per heavy atom. The van der Waals surface area contributed by atoms with Crippen LogP contribution in [0.15, 0.2) is 23.1 Å². The van der Waals surface area contributed by atoms with Crippen molar-refractivity contribution in [1.82, 2.24) is 9.62 Å². The van der Waals surface area contributed by atoms with E-state index in [2.05, 4.69) is 43.6 Å². The van der Waals surface area contributed by atoms with Crippen LogP contribution in [0.2, 0.25) is 0 Å². The van der Waals surface area contributed by atoms with Crippen LogP contribution in [0.4, 0.5) is 5.69 Å². The molecular formula is C19H33N4O2S2+. The van der Waals surface area contributed by atoms with E-state index in [1.807, 2.05) is 6.92 Å². The largest absolute Gasteiger partial charge is 0.359 e. The summed E-state index contributed by atoms with van der Waals surface area (Å²) in [5, 5.41) is 9.57. The van der Waals surface area contributed by atoms with Crippen molar-refractivity contribution in [3.8, 4) is 0 Å². The number of anilines is 1. The molecule has 6 nitrogen and oxygen atoms in total. The minimum absolute atomic E-state index is 0.144. The van der Waals surface area contributed by atoms with Gasteiger partial charge in [0.2, 0.25) is 10.0 Å². The quantitative estimate of drug-likeness (QED) is 0.656. The molecule has 1 aromatic rings. The molecule has 0 atom stereocenters. The molecule has 1 aliphatic heterocycles. The number of thiocarbonyl (C=S) groups is 1. The topological polar surface area (TPSA) is 78.1 Å². The zero-order chi connectivity index (χ0) is 20.6. The van der Waals surface area contributed by atoms with Crippen molar-refractivity contribution in [2.75, 3.05) is 19.4 Å². The number of aryl methyl sites for hydroxylation is 1. The maximum atomic E-state index is 12.4. The Morgan fingerprint density at radius 3 is 2.26 bits per heavy atom. The van der Waals surface area contributed by atoms with Gasteiger partial charge in [0.05, 0.1) is 16.0 Å². The highest BCUT2D eigenvalue weighted by atomic mass is 32.2. The van der Waals surface area contributed by atoms with Crippen molar-refractivity contribution in [2.24, 2.45) is 0 Å². The summed E-state index contributed by atoms with van der Waals surface area (Å²) in [4.78, 5) is 0.248. The number of piperidine rings is 1. The summed E-state index contributed by atoms with van der Waals surface area (Å²) in [6, 6.07) is 5.33. The molecule has 0 bridgehead atoms. The normalized spacial score (nSPS) is 19.7. The maximum absolute atomic E-state index is 12.4. The highest BCUT2D eigenvalue weighted by Gasteiger charge is 2.41. The lowest BCUT2D eigenvalue weighted by molar-refractivity contribution is -0.787. The molecule has 1 saturated heterocycles. The summed E-state index contributed by atoms with van der Waals surface area (Å²) < 4.78 is 26.0. The average molecular weight is 414 g/mol. The molecule has 152 valence electrons. The SMILES string of the molecule is Cc1ccc(S(=O)(=O)N(C)C)cc1NC(=S)NC1CC(C)(C)[NH2+]C(C)(C)C1. The minimum Gasteiger partial charge on any atom is -0.359 e. The summed E-state index contributed by atoms with van der Waals surface area (Å²) in [6.07, 6.45) is 2.01. The molecule has 0 unspecified atom stereocenters. The Bertz CT molecular complexity index is 801. The van der Waals surface area contributed by atoms with Gasteiger partial charge >= 0.3 is 0 Å². The number of hydrogen-bond donors (Lipinski definition) is 3. The first kappa shape index (κ1) is 22.1. The fourth-order valence-corrected chi connectivity index (χ4v) is 5.28. The van der Waals surface area contributed by atoms with E-state index in [9.17, 15) is 8.42 Å². The number of hydrogen-bond acceptors (Lipinski definition) is 3. The molecule has 0 radical (unpaired) electrons. The van der Waals surface area contributed by atoms with Crippen molar-refractivity contribution in [1.29, 1.82) is 0 Å². The molecule has 1 aliphatic rings. The second-order valence-corrected chi connectivity index (χ2v) is 11.6. The molecule has 0 spiro atoms. The van der Waals surface area contributed by atoms with Gasteiger partial charge in [-0.2, -0.15) is 0 Å². The molecule has 1 heterocycles. The predicted octanol–water partition coefficient (Wildman–Crippen LogP) is 1.81. The van der Waals surface area contributed by atoms with Crippen molar-refractivity contribution in [3.63, 3.8) is 0 Å². The monoisotopic (exact) mass is 413 g/mol. The molecule has 4 N–H and O–H groups in total. The van der Waals surface area contributed by atoms with Crippen LogP contribution in [0.5, 0.6) is 0 Å². The average Bonchev–Trinajstić information content (AvgIpc) is 2.45. The van der Waals surface area contributed by atoms with Crippen molar-refractivity contribution < 1.29 is 13.7 Å². The van der Waals surface area contributed by atoms with Gasteiger partial charge in [-0.25, -0.2) is 12.7 Å². The third-order valence-corrected chi connectivity index (χ3v) is 6.93. The number of rotatable bonds is 4. The first-order valence-corrected chi connectivity index (χ1v) is 11.0. The van der Waals surface area contributed by atoms with E-state index in [4.69, 9.17) is 12.2 Å². The number of nitrogens with one attached hydrogen (secondary N) is 2. The fraction of sp³-hybridized carbons (Fsp3) is 0.632. The lowest BCUT2D eigenvalue weighted by Crippen LogP contribution is -3.06. The third kappa shape index (κ3) is 5.63. The van der Waals surface area contributed by atoms with E-state index in [0.29, 0.717) is 10.8 Å². The molecule has 0 saturated carbocycles. The lowest BCUT2D eigenvalue weighted by atomic mass is 9.80. The number of nitrogens with zero attached hydrogens (tertiary/aromatic N) is 1. The first-order valence-electron chi connectivity index (χ1n) is 9.20. The van der Waals surface area contributed by atoms with Crippen LogP contribution in [0.1, 0.15) is 46.1 Å². The Hall–Kier alpha value is -1.22. The van der Waals surface area contributed by atoms with Gasteiger partial charge in [0, 0.05) is 38.7 Å². The summed E-state index contributed by atoms with van der Waals surface area (Å²) >= 11 is 5.52. The van der Waals surface area contributed by atoms with Crippen LogP contribution in [0.3, 0.4) is 0 Å². The molecule has 0 aromatic heterocycles. The van der Waals surface area contributed by atoms with Gasteiger partial charge in [0.1, 0.15) is 0 Å². The van der Waals surface area contributed by atoms with Gasteiger partial charge in [-0.15, -0.1) is 0 Å². The predicted molar refractivity (Wildman–Crippen MR) is 115 cm³/mol. The van der Waals surface area contributed by atoms with E-state index in [0.717, 1.165) is 18.4 Å². The van der Waals surface area contributed by atoms with Crippen LogP contribution in [0, 0.1) is 6.92 Å². The van der Waals surface area contributed by atoms with Crippen molar-refractivity contribution in [3.05, 3.63) is 23.8 Å². The molecular weight excluding hydrogens is 380 g/mol. The maximum Gasteiger partial charge on any atom is 0.242 e. The lowest BCUT2D eigenvalue weighted by Gasteiger charge is -2.43. The molecule has 0 amide bonds. The number of sulfonamides is 1. The van der Waals surface area contributed by atoms with E-state index in [1.165, 1.54) is 18.4 Å². The second-order valence-electron chi connectivity index (χ2n) is 9.09. The second kappa shape index (κ2) is 7.66. The summed E-state index contributed by atoms with van der Waals surface area (Å²) in [7, 11) is -0.433. The Labute approximate surface area is 169 Å². The van der Waals surface area contributed by atoms with Crippen LogP contribution < -0.4 is 16.0 Å². The fourth-order valence-electron chi connectivity index (χ4n) is 4.07. The van der Waals surface area contributed by atoms with Crippen LogP contribution in [-0.2, 0) is 10.0 Å². The third-order valence-electron chi connectivity index (χ3n) is 4.90. The van der Waals surface area contributed by atoms with Gasteiger partial charge in [-0.3, -0.25) is 0 Å². The summed E-state index contributed by atoms with van der Waals surface area (Å²) in [6.45, 7) is 10.9. The zero-order valence-corrected chi connectivity index (χ0v) is 19.0. The number of nitrogens with two attached hydrogens (primary N) is 1.